The minimum atomic E-state index is -0.554. The Kier molecular flexibility index (Phi) is 7.89. The van der Waals surface area contributed by atoms with E-state index in [0.717, 1.165) is 30.5 Å². The van der Waals surface area contributed by atoms with Crippen LogP contribution in [0.3, 0.4) is 0 Å². The van der Waals surface area contributed by atoms with Crippen molar-refractivity contribution in [3.05, 3.63) is 59.7 Å². The van der Waals surface area contributed by atoms with E-state index in [1.807, 2.05) is 19.1 Å². The summed E-state index contributed by atoms with van der Waals surface area (Å²) in [6, 6.07) is 14.0. The molecule has 0 radical (unpaired) electrons. The number of aryl methyl sites for hydroxylation is 1. The zero-order valence-corrected chi connectivity index (χ0v) is 13.9. The predicted octanol–water partition coefficient (Wildman–Crippen LogP) is -1.28. The van der Waals surface area contributed by atoms with Gasteiger partial charge >= 0.3 is 0 Å². The largest absolute Gasteiger partial charge is 1.00 e. The number of phenolic OH excluding ortho intramolecular Hbond substituents is 2. The van der Waals surface area contributed by atoms with Crippen molar-refractivity contribution in [1.82, 2.24) is 0 Å². The topological polar surface area (TPSA) is 77.3 Å². The van der Waals surface area contributed by atoms with Crippen LogP contribution in [0.4, 0.5) is 0 Å². The Morgan fingerprint density at radius 2 is 1.70 bits per heavy atom. The number of rotatable bonds is 7. The first kappa shape index (κ1) is 19.3. The van der Waals surface area contributed by atoms with Crippen molar-refractivity contribution < 1.29 is 33.0 Å². The zero-order valence-electron chi connectivity index (χ0n) is 13.2. The molecule has 0 aliphatic rings. The normalized spacial score (nSPS) is 13.1. The predicted molar refractivity (Wildman–Crippen MR) is 85.7 cm³/mol. The van der Waals surface area contributed by atoms with Gasteiger partial charge < -0.3 is 33.0 Å². The molecule has 0 bridgehead atoms. The smallest absolute Gasteiger partial charge is 0.130 e. The number of benzene rings is 2. The third-order valence-corrected chi connectivity index (χ3v) is 3.85. The van der Waals surface area contributed by atoms with Crippen LogP contribution in [0, 0.1) is 0 Å². The monoisotopic (exact) mass is 337 g/mol. The van der Waals surface area contributed by atoms with Gasteiger partial charge in [0, 0.05) is 6.42 Å². The van der Waals surface area contributed by atoms with E-state index in [1.165, 1.54) is 0 Å². The summed E-state index contributed by atoms with van der Waals surface area (Å²) in [4.78, 5) is 0. The molecule has 2 aromatic carbocycles. The first-order chi connectivity index (χ1) is 10.6. The van der Waals surface area contributed by atoms with Crippen molar-refractivity contribution in [3.8, 4) is 11.5 Å². The van der Waals surface area contributed by atoms with E-state index >= 15 is 0 Å². The van der Waals surface area contributed by atoms with Crippen LogP contribution in [-0.4, -0.2) is 27.9 Å². The maximum Gasteiger partial charge on any atom is 0.130 e. The van der Waals surface area contributed by atoms with Crippen LogP contribution in [0.1, 0.15) is 30.6 Å². The number of aliphatic hydroxyl groups excluding tert-OH is 1. The maximum absolute atomic E-state index is 10.3. The minimum absolute atomic E-state index is 0. The van der Waals surface area contributed by atoms with Gasteiger partial charge in [-0.2, -0.15) is 0 Å². The summed E-state index contributed by atoms with van der Waals surface area (Å²) in [5.41, 5.74) is 1.94. The molecule has 126 valence electrons. The van der Waals surface area contributed by atoms with Crippen molar-refractivity contribution in [3.63, 3.8) is 0 Å². The van der Waals surface area contributed by atoms with Crippen molar-refractivity contribution in [1.29, 1.82) is 0 Å². The molecule has 0 saturated heterocycles. The van der Waals surface area contributed by atoms with Gasteiger partial charge in [-0.1, -0.05) is 24.3 Å². The zero-order chi connectivity index (χ0) is 15.9. The van der Waals surface area contributed by atoms with Gasteiger partial charge in [0.2, 0.25) is 0 Å². The Morgan fingerprint density at radius 3 is 2.35 bits per heavy atom. The van der Waals surface area contributed by atoms with Crippen molar-refractivity contribution in [2.45, 2.75) is 31.9 Å². The lowest BCUT2D eigenvalue weighted by molar-refractivity contribution is -0.694. The molecular weight excluding hydrogens is 314 g/mol. The Morgan fingerprint density at radius 1 is 1.00 bits per heavy atom. The number of aliphatic hydroxyl groups is 1. The molecule has 23 heavy (non-hydrogen) atoms. The fourth-order valence-electron chi connectivity index (χ4n) is 2.50. The SMILES string of the molecule is CC([NH2+]CCCc1cccc(O)c1)C(O)c1ccc(O)cc1.[Cl-]. The van der Waals surface area contributed by atoms with Gasteiger partial charge in [0.15, 0.2) is 0 Å². The molecule has 2 rings (SSSR count). The lowest BCUT2D eigenvalue weighted by atomic mass is 10.0. The van der Waals surface area contributed by atoms with E-state index in [-0.39, 0.29) is 24.2 Å². The Hall–Kier alpha value is -1.75. The molecule has 0 aliphatic heterocycles. The number of halogens is 1. The average Bonchev–Trinajstić information content (AvgIpc) is 2.51. The highest BCUT2D eigenvalue weighted by molar-refractivity contribution is 5.28. The molecule has 0 spiro atoms. The highest BCUT2D eigenvalue weighted by Gasteiger charge is 2.18. The summed E-state index contributed by atoms with van der Waals surface area (Å²) >= 11 is 0. The maximum atomic E-state index is 10.3. The van der Waals surface area contributed by atoms with Crippen molar-refractivity contribution in [2.75, 3.05) is 6.54 Å². The lowest BCUT2D eigenvalue weighted by Crippen LogP contribution is -3.00. The second-order valence-corrected chi connectivity index (χ2v) is 5.69. The number of nitrogens with two attached hydrogens (primary N) is 1. The molecule has 4 nitrogen and oxygen atoms in total. The van der Waals surface area contributed by atoms with E-state index in [0.29, 0.717) is 5.75 Å². The van der Waals surface area contributed by atoms with E-state index in [1.54, 1.807) is 36.4 Å². The van der Waals surface area contributed by atoms with Gasteiger partial charge in [-0.15, -0.1) is 0 Å². The van der Waals surface area contributed by atoms with E-state index in [2.05, 4.69) is 5.32 Å². The van der Waals surface area contributed by atoms with Crippen LogP contribution >= 0.6 is 0 Å². The third kappa shape index (κ3) is 6.10. The number of aromatic hydroxyl groups is 2. The summed E-state index contributed by atoms with van der Waals surface area (Å²) in [6.07, 6.45) is 1.34. The van der Waals surface area contributed by atoms with Gasteiger partial charge in [-0.3, -0.25) is 0 Å². The van der Waals surface area contributed by atoms with Crippen LogP contribution in [0.15, 0.2) is 48.5 Å². The molecular formula is C18H24ClNO3. The second-order valence-electron chi connectivity index (χ2n) is 5.69. The number of hydrogen-bond acceptors (Lipinski definition) is 3. The van der Waals surface area contributed by atoms with Crippen LogP contribution < -0.4 is 17.7 Å². The molecule has 2 atom stereocenters. The van der Waals surface area contributed by atoms with Crippen molar-refractivity contribution >= 4 is 0 Å². The molecule has 0 aromatic heterocycles. The summed E-state index contributed by atoms with van der Waals surface area (Å²) in [5.74, 6) is 0.510. The minimum Gasteiger partial charge on any atom is -1.00 e. The summed E-state index contributed by atoms with van der Waals surface area (Å²) in [7, 11) is 0. The van der Waals surface area contributed by atoms with Gasteiger partial charge in [0.25, 0.3) is 0 Å². The Bertz CT molecular complexity index is 589. The van der Waals surface area contributed by atoms with E-state index < -0.39 is 6.10 Å². The molecule has 0 aliphatic carbocycles. The Labute approximate surface area is 143 Å². The number of phenols is 2. The van der Waals surface area contributed by atoms with Gasteiger partial charge in [0.1, 0.15) is 23.6 Å². The molecule has 0 fully saturated rings. The highest BCUT2D eigenvalue weighted by Crippen LogP contribution is 2.18. The van der Waals surface area contributed by atoms with Crippen LogP contribution in [0.2, 0.25) is 0 Å². The van der Waals surface area contributed by atoms with Crippen LogP contribution in [-0.2, 0) is 6.42 Å². The number of quaternary nitrogens is 1. The molecule has 0 amide bonds. The molecule has 2 unspecified atom stereocenters. The fourth-order valence-corrected chi connectivity index (χ4v) is 2.50. The van der Waals surface area contributed by atoms with Gasteiger partial charge in [-0.25, -0.2) is 0 Å². The summed E-state index contributed by atoms with van der Waals surface area (Å²) in [5, 5.41) is 31.1. The van der Waals surface area contributed by atoms with Crippen LogP contribution in [0.25, 0.3) is 0 Å². The first-order valence-electron chi connectivity index (χ1n) is 7.64. The van der Waals surface area contributed by atoms with Crippen molar-refractivity contribution in [2.24, 2.45) is 0 Å². The second kappa shape index (κ2) is 9.40. The summed E-state index contributed by atoms with van der Waals surface area (Å²) in [6.45, 7) is 2.90. The van der Waals surface area contributed by atoms with Gasteiger partial charge in [-0.05, 0) is 48.7 Å². The standard InChI is InChI=1S/C18H23NO3.ClH/c1-13(18(22)15-7-9-16(20)10-8-15)19-11-3-5-14-4-2-6-17(21)12-14;/h2,4,6-10,12-13,18-22H,3,5,11H2,1H3;1H. The highest BCUT2D eigenvalue weighted by atomic mass is 35.5. The third-order valence-electron chi connectivity index (χ3n) is 3.85. The molecule has 0 heterocycles. The van der Waals surface area contributed by atoms with Crippen LogP contribution in [0.5, 0.6) is 11.5 Å². The lowest BCUT2D eigenvalue weighted by Gasteiger charge is -2.18. The average molecular weight is 338 g/mol. The first-order valence-corrected chi connectivity index (χ1v) is 7.64. The van der Waals surface area contributed by atoms with E-state index in [9.17, 15) is 15.3 Å². The molecule has 0 saturated carbocycles. The quantitative estimate of drug-likeness (QED) is 0.475. The number of hydrogen-bond donors (Lipinski definition) is 4. The van der Waals surface area contributed by atoms with E-state index in [4.69, 9.17) is 0 Å². The Balaban J connectivity index is 0.00000264. The molecule has 2 aromatic rings. The molecule has 5 N–H and O–H groups in total. The summed E-state index contributed by atoms with van der Waals surface area (Å²) < 4.78 is 0. The fraction of sp³-hybridized carbons (Fsp3) is 0.333. The molecule has 5 heteroatoms. The van der Waals surface area contributed by atoms with Gasteiger partial charge in [0.05, 0.1) is 6.54 Å².